The average molecular weight is 134 g/mol. The maximum absolute atomic E-state index is 4.16. The lowest BCUT2D eigenvalue weighted by molar-refractivity contribution is 0.479. The molecule has 2 heterocycles. The Labute approximate surface area is 59.5 Å². The first-order valence-corrected chi connectivity index (χ1v) is 3.25. The summed E-state index contributed by atoms with van der Waals surface area (Å²) in [5.41, 5.74) is 0. The Balaban J connectivity index is 2.19. The Bertz CT molecular complexity index is 183. The summed E-state index contributed by atoms with van der Waals surface area (Å²) in [7, 11) is 0. The number of rotatable bonds is 0. The Morgan fingerprint density at radius 3 is 3.10 bits per heavy atom. The zero-order valence-corrected chi connectivity index (χ0v) is 5.41. The number of allylic oxidation sites excluding steroid dienone is 1. The maximum Gasteiger partial charge on any atom is 0.142 e. The molecule has 0 aromatic heterocycles. The van der Waals surface area contributed by atoms with Crippen LogP contribution in [0.25, 0.3) is 0 Å². The van der Waals surface area contributed by atoms with Crippen LogP contribution in [0.2, 0.25) is 0 Å². The molecule has 0 spiro atoms. The van der Waals surface area contributed by atoms with Crippen LogP contribution in [-0.4, -0.2) is 18.4 Å². The van der Waals surface area contributed by atoms with Crippen LogP contribution in [0.3, 0.4) is 0 Å². The smallest absolute Gasteiger partial charge is 0.142 e. The van der Waals surface area contributed by atoms with Gasteiger partial charge in [0.05, 0.1) is 6.04 Å². The van der Waals surface area contributed by atoms with Gasteiger partial charge in [-0.05, 0) is 12.2 Å². The SMILES string of the molecule is [C]1=CC2NC=CNC2N=C1. The molecule has 2 atom stereocenters. The number of fused-ring (bicyclic) bond motifs is 1. The highest BCUT2D eigenvalue weighted by Crippen LogP contribution is 2.04. The first-order chi connectivity index (χ1) is 4.97. The van der Waals surface area contributed by atoms with Gasteiger partial charge in [-0.3, -0.25) is 4.99 Å². The molecular weight excluding hydrogens is 126 g/mol. The van der Waals surface area contributed by atoms with Crippen molar-refractivity contribution >= 4 is 6.21 Å². The predicted octanol–water partition coefficient (Wildman–Crippen LogP) is -0.211. The summed E-state index contributed by atoms with van der Waals surface area (Å²) in [5.74, 6) is 0. The summed E-state index contributed by atoms with van der Waals surface area (Å²) < 4.78 is 0. The van der Waals surface area contributed by atoms with E-state index in [0.29, 0.717) is 0 Å². The minimum Gasteiger partial charge on any atom is -0.380 e. The van der Waals surface area contributed by atoms with Crippen LogP contribution in [0.5, 0.6) is 0 Å². The van der Waals surface area contributed by atoms with Crippen molar-refractivity contribution in [3.05, 3.63) is 24.6 Å². The molecule has 0 fully saturated rings. The van der Waals surface area contributed by atoms with Crippen molar-refractivity contribution in [3.63, 3.8) is 0 Å². The molecule has 2 rings (SSSR count). The van der Waals surface area contributed by atoms with E-state index in [0.717, 1.165) is 0 Å². The van der Waals surface area contributed by atoms with Gasteiger partial charge in [0, 0.05) is 18.6 Å². The van der Waals surface area contributed by atoms with Crippen LogP contribution in [-0.2, 0) is 0 Å². The topological polar surface area (TPSA) is 36.4 Å². The standard InChI is InChI=1S/C7H8N3/c1-2-6-7(9-3-1)10-5-4-8-6/h2-8,10H. The van der Waals surface area contributed by atoms with Gasteiger partial charge in [-0.1, -0.05) is 0 Å². The number of aliphatic imine (C=N–C) groups is 1. The Morgan fingerprint density at radius 2 is 2.20 bits per heavy atom. The molecule has 3 heteroatoms. The second kappa shape index (κ2) is 2.17. The molecule has 3 nitrogen and oxygen atoms in total. The highest BCUT2D eigenvalue weighted by molar-refractivity contribution is 5.68. The fraction of sp³-hybridized carbons (Fsp3) is 0.286. The highest BCUT2D eigenvalue weighted by Gasteiger charge is 2.18. The summed E-state index contributed by atoms with van der Waals surface area (Å²) >= 11 is 0. The van der Waals surface area contributed by atoms with Gasteiger partial charge in [0.15, 0.2) is 0 Å². The van der Waals surface area contributed by atoms with Gasteiger partial charge in [-0.15, -0.1) is 0 Å². The lowest BCUT2D eigenvalue weighted by atomic mass is 10.1. The summed E-state index contributed by atoms with van der Waals surface area (Å²) in [6, 6.07) is 0.273. The first-order valence-electron chi connectivity index (χ1n) is 3.25. The van der Waals surface area contributed by atoms with E-state index in [9.17, 15) is 0 Å². The fourth-order valence-electron chi connectivity index (χ4n) is 1.05. The van der Waals surface area contributed by atoms with Crippen molar-refractivity contribution in [2.24, 2.45) is 4.99 Å². The summed E-state index contributed by atoms with van der Waals surface area (Å²) in [4.78, 5) is 4.16. The van der Waals surface area contributed by atoms with Gasteiger partial charge < -0.3 is 10.6 Å². The largest absolute Gasteiger partial charge is 0.380 e. The number of nitrogens with zero attached hydrogens (tertiary/aromatic N) is 1. The van der Waals surface area contributed by atoms with Crippen LogP contribution in [0.1, 0.15) is 0 Å². The minimum absolute atomic E-state index is 0.159. The monoisotopic (exact) mass is 134 g/mol. The van der Waals surface area contributed by atoms with E-state index in [2.05, 4.69) is 21.7 Å². The van der Waals surface area contributed by atoms with Gasteiger partial charge in [-0.25, -0.2) is 0 Å². The summed E-state index contributed by atoms with van der Waals surface area (Å²) in [6.45, 7) is 0. The van der Waals surface area contributed by atoms with Crippen LogP contribution >= 0.6 is 0 Å². The van der Waals surface area contributed by atoms with E-state index in [1.807, 2.05) is 18.5 Å². The van der Waals surface area contributed by atoms with Gasteiger partial charge in [0.25, 0.3) is 0 Å². The second-order valence-electron chi connectivity index (χ2n) is 2.25. The second-order valence-corrected chi connectivity index (χ2v) is 2.25. The highest BCUT2D eigenvalue weighted by atomic mass is 15.2. The first kappa shape index (κ1) is 5.53. The van der Waals surface area contributed by atoms with Crippen LogP contribution < -0.4 is 10.6 Å². The Morgan fingerprint density at radius 1 is 1.30 bits per heavy atom. The van der Waals surface area contributed by atoms with Crippen LogP contribution in [0, 0.1) is 6.08 Å². The van der Waals surface area contributed by atoms with Gasteiger partial charge in [0.2, 0.25) is 0 Å². The zero-order valence-electron chi connectivity index (χ0n) is 5.41. The van der Waals surface area contributed by atoms with Gasteiger partial charge in [-0.2, -0.15) is 0 Å². The van der Waals surface area contributed by atoms with Crippen LogP contribution in [0.4, 0.5) is 0 Å². The molecule has 0 saturated carbocycles. The normalized spacial score (nSPS) is 34.4. The molecule has 0 aromatic carbocycles. The molecule has 0 aromatic rings. The third kappa shape index (κ3) is 0.795. The summed E-state index contributed by atoms with van der Waals surface area (Å²) in [6.07, 6.45) is 10.5. The molecule has 2 unspecified atom stereocenters. The molecule has 1 radical (unpaired) electrons. The summed E-state index contributed by atoms with van der Waals surface area (Å²) in [5, 5.41) is 6.25. The van der Waals surface area contributed by atoms with E-state index >= 15 is 0 Å². The van der Waals surface area contributed by atoms with Crippen molar-refractivity contribution < 1.29 is 0 Å². The van der Waals surface area contributed by atoms with Gasteiger partial charge >= 0.3 is 0 Å². The van der Waals surface area contributed by atoms with Crippen LogP contribution in [0.15, 0.2) is 23.5 Å². The zero-order chi connectivity index (χ0) is 6.81. The number of nitrogens with one attached hydrogen (secondary N) is 2. The fourth-order valence-corrected chi connectivity index (χ4v) is 1.05. The molecule has 51 valence electrons. The lowest BCUT2D eigenvalue weighted by Crippen LogP contribution is -2.46. The van der Waals surface area contributed by atoms with E-state index < -0.39 is 0 Å². The van der Waals surface area contributed by atoms with Crippen molar-refractivity contribution in [2.45, 2.75) is 12.2 Å². The van der Waals surface area contributed by atoms with Crippen molar-refractivity contribution in [1.29, 1.82) is 0 Å². The third-order valence-corrected chi connectivity index (χ3v) is 1.56. The number of hydrogen-bond acceptors (Lipinski definition) is 3. The molecule has 0 saturated heterocycles. The number of dihydropyridines is 1. The molecule has 0 amide bonds. The predicted molar refractivity (Wildman–Crippen MR) is 39.3 cm³/mol. The Kier molecular flexibility index (Phi) is 1.20. The van der Waals surface area contributed by atoms with E-state index in [-0.39, 0.29) is 12.2 Å². The quantitative estimate of drug-likeness (QED) is 0.481. The van der Waals surface area contributed by atoms with Crippen molar-refractivity contribution in [3.8, 4) is 0 Å². The third-order valence-electron chi connectivity index (χ3n) is 1.56. The molecule has 10 heavy (non-hydrogen) atoms. The lowest BCUT2D eigenvalue weighted by Gasteiger charge is -2.26. The van der Waals surface area contributed by atoms with E-state index in [1.165, 1.54) is 0 Å². The Hall–Kier alpha value is -1.25. The molecule has 2 aliphatic rings. The van der Waals surface area contributed by atoms with Crippen molar-refractivity contribution in [2.75, 3.05) is 0 Å². The van der Waals surface area contributed by atoms with E-state index in [1.54, 1.807) is 6.21 Å². The van der Waals surface area contributed by atoms with E-state index in [4.69, 9.17) is 0 Å². The van der Waals surface area contributed by atoms with Crippen molar-refractivity contribution in [1.82, 2.24) is 10.6 Å². The number of hydrogen-bond donors (Lipinski definition) is 2. The minimum atomic E-state index is 0.159. The molecular formula is C7H8N3. The van der Waals surface area contributed by atoms with Gasteiger partial charge in [0.1, 0.15) is 6.17 Å². The molecule has 2 N–H and O–H groups in total. The maximum atomic E-state index is 4.16. The molecule has 0 bridgehead atoms. The molecule has 2 aliphatic heterocycles. The average Bonchev–Trinajstić information content (AvgIpc) is 2.05. The molecule has 0 aliphatic carbocycles.